The fourth-order valence-corrected chi connectivity index (χ4v) is 21.3. The molecule has 9 aliphatic heterocycles. The maximum atomic E-state index is 14.6. The minimum absolute atomic E-state index is 0.0146. The SMILES string of the molecule is Cc1cn(C[C@@H]2CCCN(C(=O)[C@H]3CN(C4c5ccc(Cl)cc5OCc5cccnc54)CCN3)C2)cn1.Cc1cn(C[C@@H]2CCCN(C(=O)[C@H]3CN(C4c5ccc(Cl)cc5OCc5cccnc54)CCN3C(=O)OC3CCCCC3)C2)cn1.Cc1cn(C[C@@H]2CCCN(C(=O)[C@H]3CNCCN3)C2)cn1.Clc1ccc2c(c1)OCc1cccnc1C2Cl.O=C(Cl)OC1CCCCC1. The van der Waals surface area contributed by atoms with E-state index in [2.05, 4.69) is 88.9 Å². The Balaban J connectivity index is 0.000000130. The van der Waals surface area contributed by atoms with Gasteiger partial charge in [-0.15, -0.1) is 11.6 Å². The number of aryl methyl sites for hydroxylation is 3. The molecule has 698 valence electrons. The van der Waals surface area contributed by atoms with E-state index in [1.807, 2.05) is 141 Å². The van der Waals surface area contributed by atoms with Gasteiger partial charge in [-0.3, -0.25) is 44.0 Å². The zero-order valence-corrected chi connectivity index (χ0v) is 78.8. The number of pyridine rings is 3. The molecule has 28 nitrogen and oxygen atoms in total. The molecule has 6 saturated heterocycles. The standard InChI is InChI=1S/C35H43ClN6O4.C28H33ClN6O2.C15H25N5O.C13H9Cl2NO.C7H11ClO2/c1-24-18-39(23-38-24)19-25-7-6-14-41(20-25)34(43)30-21-40(15-16-42(30)35(44)46-28-9-3-2-4-10-28)33-29-12-11-27(36)17-31(29)45-22-26-8-5-13-37-32(26)33;1-19-13-33(18-32-19)14-20-4-3-10-35(15-20)28(36)24-16-34(11-9-30-24)27-23-7-6-22(29)12-25(23)37-17-21-5-2-8-31-26(21)27;1-12-8-19(11-18-12)9-13-3-2-6-20(10-13)15(21)14-7-16-4-5-17-14;14-9-3-4-10-11(6-9)17-7-8-2-1-5-16-13(8)12(10)15;8-7(9)10-6-4-2-1-3-5-6/h5,8,11-13,17-18,23,25,28,30,33H,2-4,6-7,9-10,14-16,19-22H2,1H3;2,5-8,12-13,18,20,24,27,30H,3-4,9-11,14-17H2,1H3;8,11,13-14,16-17H,2-7,9-10H2,1H3;1-6,12H,7H2;6H,1-5H2/t25-,30+,33?;20-,24+,27?;13-,14+;;/m000../s1. The molecule has 3 aromatic carbocycles. The van der Waals surface area contributed by atoms with Crippen molar-refractivity contribution in [2.75, 3.05) is 98.2 Å². The van der Waals surface area contributed by atoms with Gasteiger partial charge in [0.1, 0.15) is 60.7 Å². The number of fused-ring (bicyclic) bond motifs is 6. The number of hydrogen-bond donors (Lipinski definition) is 3. The lowest BCUT2D eigenvalue weighted by Crippen LogP contribution is -2.62. The monoisotopic (exact) mass is 1880 g/mol. The summed E-state index contributed by atoms with van der Waals surface area (Å²) < 4.78 is 35.4. The fraction of sp³-hybridized carbons (Fsp3) is 0.520. The first kappa shape index (κ1) is 94.7. The molecule has 2 saturated carbocycles. The number of alkyl halides is 1. The number of piperazine rings is 3. The van der Waals surface area contributed by atoms with Crippen LogP contribution in [0.5, 0.6) is 17.2 Å². The van der Waals surface area contributed by atoms with Crippen LogP contribution < -0.4 is 30.2 Å². The van der Waals surface area contributed by atoms with E-state index in [9.17, 15) is 24.0 Å². The zero-order chi connectivity index (χ0) is 90.9. The van der Waals surface area contributed by atoms with E-state index in [0.717, 1.165) is 241 Å². The molecule has 0 bridgehead atoms. The fourth-order valence-electron chi connectivity index (χ4n) is 20.3. The van der Waals surface area contributed by atoms with Crippen molar-refractivity contribution in [2.45, 2.75) is 211 Å². The summed E-state index contributed by atoms with van der Waals surface area (Å²) in [6, 6.07) is 27.6. The van der Waals surface area contributed by atoms with E-state index < -0.39 is 11.5 Å². The van der Waals surface area contributed by atoms with Crippen molar-refractivity contribution in [1.29, 1.82) is 0 Å². The average Bonchev–Trinajstić information content (AvgIpc) is 1.46. The second kappa shape index (κ2) is 45.5. The lowest BCUT2D eigenvalue weighted by atomic mass is 9.95. The van der Waals surface area contributed by atoms with Gasteiger partial charge in [0.15, 0.2) is 0 Å². The molecule has 2 aliphatic carbocycles. The highest BCUT2D eigenvalue weighted by molar-refractivity contribution is 6.61. The number of halogens is 5. The van der Waals surface area contributed by atoms with Crippen molar-refractivity contribution in [1.82, 2.24) is 89.0 Å². The van der Waals surface area contributed by atoms with Crippen molar-refractivity contribution in [3.05, 3.63) is 230 Å². The van der Waals surface area contributed by atoms with Gasteiger partial charge in [0.25, 0.3) is 0 Å². The Hall–Kier alpha value is -9.46. The van der Waals surface area contributed by atoms with E-state index in [1.165, 1.54) is 19.3 Å². The molecule has 131 heavy (non-hydrogen) atoms. The van der Waals surface area contributed by atoms with Crippen LogP contribution in [-0.2, 0) is 63.3 Å². The smallest absolute Gasteiger partial charge is 0.410 e. The number of carbonyl (C=O) groups excluding carboxylic acids is 5. The Labute approximate surface area is 792 Å². The molecule has 33 heteroatoms. The number of ether oxygens (including phenoxy) is 5. The third-order valence-electron chi connectivity index (χ3n) is 26.8. The first-order valence-corrected chi connectivity index (χ1v) is 48.7. The number of likely N-dealkylation sites (tertiary alicyclic amines) is 3. The van der Waals surface area contributed by atoms with Gasteiger partial charge in [-0.2, -0.15) is 0 Å². The maximum absolute atomic E-state index is 14.6. The van der Waals surface area contributed by atoms with Crippen LogP contribution in [0.1, 0.15) is 188 Å². The van der Waals surface area contributed by atoms with Crippen molar-refractivity contribution in [2.24, 2.45) is 17.8 Å². The Morgan fingerprint density at radius 3 is 1.32 bits per heavy atom. The van der Waals surface area contributed by atoms with E-state index in [1.54, 1.807) is 17.2 Å². The third kappa shape index (κ3) is 24.8. The van der Waals surface area contributed by atoms with Crippen LogP contribution in [0.2, 0.25) is 15.1 Å². The summed E-state index contributed by atoms with van der Waals surface area (Å²) in [7, 11) is 0. The summed E-state index contributed by atoms with van der Waals surface area (Å²) in [6.07, 6.45) is 34.0. The molecule has 11 aliphatic rings. The van der Waals surface area contributed by atoms with Crippen molar-refractivity contribution < 1.29 is 47.7 Å². The first-order valence-electron chi connectivity index (χ1n) is 46.8. The molecule has 3 unspecified atom stereocenters. The van der Waals surface area contributed by atoms with Crippen LogP contribution in [0.25, 0.3) is 0 Å². The molecule has 4 amide bonds. The van der Waals surface area contributed by atoms with Gasteiger partial charge in [-0.05, 0) is 183 Å². The topological polar surface area (TPSA) is 279 Å². The number of piperidine rings is 3. The number of amides is 4. The van der Waals surface area contributed by atoms with E-state index in [4.69, 9.17) is 91.7 Å². The molecule has 20 rings (SSSR count). The Kier molecular flexibility index (Phi) is 32.9. The number of nitrogens with one attached hydrogen (secondary N) is 3. The minimum Gasteiger partial charge on any atom is -0.488 e. The minimum atomic E-state index is -0.675. The van der Waals surface area contributed by atoms with Crippen molar-refractivity contribution in [3.63, 3.8) is 0 Å². The van der Waals surface area contributed by atoms with Crippen molar-refractivity contribution in [3.8, 4) is 17.2 Å². The largest absolute Gasteiger partial charge is 0.488 e. The molecule has 9 aromatic rings. The number of rotatable bonds is 13. The Morgan fingerprint density at radius 1 is 0.435 bits per heavy atom. The van der Waals surface area contributed by atoms with Crippen LogP contribution >= 0.6 is 58.0 Å². The van der Waals surface area contributed by atoms with E-state index in [-0.39, 0.29) is 65.6 Å². The number of benzene rings is 3. The number of nitrogens with zero attached hydrogens (tertiary/aromatic N) is 15. The van der Waals surface area contributed by atoms with Gasteiger partial charge >= 0.3 is 11.5 Å². The van der Waals surface area contributed by atoms with Crippen molar-refractivity contribution >= 4 is 87.2 Å². The van der Waals surface area contributed by atoms with Gasteiger partial charge < -0.3 is 68.0 Å². The van der Waals surface area contributed by atoms with Crippen LogP contribution in [0, 0.1) is 38.5 Å². The lowest BCUT2D eigenvalue weighted by Gasteiger charge is -2.45. The van der Waals surface area contributed by atoms with Gasteiger partial charge in [0.2, 0.25) is 17.7 Å². The third-order valence-corrected chi connectivity index (χ3v) is 28.0. The number of imidazole rings is 3. The second-order valence-corrected chi connectivity index (χ2v) is 38.5. The van der Waals surface area contributed by atoms with Crippen LogP contribution in [0.15, 0.2) is 147 Å². The second-order valence-electron chi connectivity index (χ2n) is 36.4. The highest BCUT2D eigenvalue weighted by Gasteiger charge is 2.45. The lowest BCUT2D eigenvalue weighted by molar-refractivity contribution is -0.141. The molecule has 9 atom stereocenters. The molecule has 0 radical (unpaired) electrons. The summed E-state index contributed by atoms with van der Waals surface area (Å²) in [4.78, 5) is 104. The molecular weight excluding hydrogens is 1770 g/mol. The molecule has 6 aromatic heterocycles. The summed E-state index contributed by atoms with van der Waals surface area (Å²) in [6.45, 7) is 20.8. The summed E-state index contributed by atoms with van der Waals surface area (Å²) in [5.74, 6) is 3.96. The molecule has 15 heterocycles. The Bertz CT molecular complexity index is 5350. The Morgan fingerprint density at radius 2 is 0.863 bits per heavy atom. The highest BCUT2D eigenvalue weighted by atomic mass is 35.5. The van der Waals surface area contributed by atoms with Crippen LogP contribution in [-0.4, -0.2) is 231 Å². The summed E-state index contributed by atoms with van der Waals surface area (Å²) >= 11 is 30.2. The van der Waals surface area contributed by atoms with Gasteiger partial charge in [0.05, 0.1) is 77.3 Å². The number of hydrogen-bond acceptors (Lipinski definition) is 21. The number of aromatic nitrogens is 9. The predicted molar refractivity (Wildman–Crippen MR) is 503 cm³/mol. The summed E-state index contributed by atoms with van der Waals surface area (Å²) in [5, 5.41) is 11.7. The molecule has 0 spiro atoms. The average molecular weight is 1890 g/mol. The molecular formula is C98H121Cl5N18O10. The van der Waals surface area contributed by atoms with E-state index >= 15 is 0 Å². The first-order chi connectivity index (χ1) is 63.7. The van der Waals surface area contributed by atoms with Gasteiger partial charge in [-0.25, -0.2) is 24.5 Å². The highest BCUT2D eigenvalue weighted by Crippen LogP contribution is 2.45. The predicted octanol–water partition coefficient (Wildman–Crippen LogP) is 15.7. The molecule has 8 fully saturated rings. The van der Waals surface area contributed by atoms with Crippen LogP contribution in [0.4, 0.5) is 9.59 Å². The zero-order valence-electron chi connectivity index (χ0n) is 75.1. The maximum Gasteiger partial charge on any atom is 0.410 e. The normalized spacial score (nSPS) is 23.4. The molecule has 3 N–H and O–H groups in total. The van der Waals surface area contributed by atoms with E-state index in [0.29, 0.717) is 97.7 Å². The van der Waals surface area contributed by atoms with Gasteiger partial charge in [-0.1, -0.05) is 84.0 Å². The van der Waals surface area contributed by atoms with Gasteiger partial charge in [0, 0.05) is 215 Å². The summed E-state index contributed by atoms with van der Waals surface area (Å²) in [5.41, 5.74) is 11.1. The number of carbonyl (C=O) groups is 5. The van der Waals surface area contributed by atoms with Crippen LogP contribution in [0.3, 0.4) is 0 Å². The quantitative estimate of drug-likeness (QED) is 0.0714.